The maximum atomic E-state index is 12.8. The van der Waals surface area contributed by atoms with Gasteiger partial charge in [0.2, 0.25) is 0 Å². The smallest absolute Gasteiger partial charge is 0.141 e. The van der Waals surface area contributed by atoms with Crippen molar-refractivity contribution >= 4 is 15.9 Å². The van der Waals surface area contributed by atoms with Gasteiger partial charge in [-0.05, 0) is 18.2 Å². The molecule has 0 unspecified atom stereocenters. The molecule has 0 saturated carbocycles. The monoisotopic (exact) mass is 260 g/mol. The van der Waals surface area contributed by atoms with Crippen molar-refractivity contribution in [2.24, 2.45) is 0 Å². The zero-order chi connectivity index (χ0) is 10.4. The molecular formula is C10H14BrFN2. The van der Waals surface area contributed by atoms with Crippen molar-refractivity contribution in [2.75, 3.05) is 18.4 Å². The molecule has 0 saturated heterocycles. The van der Waals surface area contributed by atoms with Crippen molar-refractivity contribution in [3.8, 4) is 0 Å². The van der Waals surface area contributed by atoms with E-state index < -0.39 is 0 Å². The first-order chi connectivity index (χ1) is 6.76. The summed E-state index contributed by atoms with van der Waals surface area (Å²) in [4.78, 5) is 6.05. The lowest BCUT2D eigenvalue weighted by Crippen LogP contribution is -2.24. The van der Waals surface area contributed by atoms with Crippen molar-refractivity contribution in [2.45, 2.75) is 13.5 Å². The van der Waals surface area contributed by atoms with E-state index >= 15 is 0 Å². The summed E-state index contributed by atoms with van der Waals surface area (Å²) >= 11 is 3.39. The predicted octanol–water partition coefficient (Wildman–Crippen LogP) is 2.44. The second-order valence-corrected chi connectivity index (χ2v) is 3.86. The first kappa shape index (κ1) is 11.6. The van der Waals surface area contributed by atoms with Gasteiger partial charge in [-0.25, -0.2) is 4.39 Å². The van der Waals surface area contributed by atoms with Crippen LogP contribution in [0.15, 0.2) is 18.5 Å². The van der Waals surface area contributed by atoms with Crippen LogP contribution in [0.25, 0.3) is 0 Å². The van der Waals surface area contributed by atoms with Crippen molar-refractivity contribution in [3.05, 3.63) is 29.8 Å². The first-order valence-corrected chi connectivity index (χ1v) is 5.76. The second kappa shape index (κ2) is 6.09. The van der Waals surface area contributed by atoms with Crippen LogP contribution in [0, 0.1) is 5.82 Å². The van der Waals surface area contributed by atoms with Gasteiger partial charge < -0.3 is 0 Å². The maximum Gasteiger partial charge on any atom is 0.141 e. The normalized spacial score (nSPS) is 10.9. The highest BCUT2D eigenvalue weighted by Crippen LogP contribution is 2.05. The Balaban J connectivity index is 2.57. The molecule has 0 N–H and O–H groups in total. The van der Waals surface area contributed by atoms with Gasteiger partial charge in [0, 0.05) is 24.6 Å². The van der Waals surface area contributed by atoms with Gasteiger partial charge in [-0.15, -0.1) is 0 Å². The average molecular weight is 261 g/mol. The van der Waals surface area contributed by atoms with Crippen LogP contribution in [0.5, 0.6) is 0 Å². The molecule has 0 amide bonds. The third kappa shape index (κ3) is 3.72. The molecular weight excluding hydrogens is 247 g/mol. The van der Waals surface area contributed by atoms with Gasteiger partial charge in [0.05, 0.1) is 6.20 Å². The highest BCUT2D eigenvalue weighted by atomic mass is 79.9. The van der Waals surface area contributed by atoms with E-state index in [1.54, 1.807) is 6.20 Å². The molecule has 14 heavy (non-hydrogen) atoms. The topological polar surface area (TPSA) is 16.1 Å². The molecule has 0 aromatic carbocycles. The van der Waals surface area contributed by atoms with E-state index in [1.807, 2.05) is 0 Å². The van der Waals surface area contributed by atoms with Crippen LogP contribution in [0.2, 0.25) is 0 Å². The zero-order valence-corrected chi connectivity index (χ0v) is 9.80. The molecule has 1 rings (SSSR count). The minimum absolute atomic E-state index is 0.266. The van der Waals surface area contributed by atoms with Crippen LogP contribution in [0.4, 0.5) is 4.39 Å². The van der Waals surface area contributed by atoms with E-state index in [-0.39, 0.29) is 5.82 Å². The Morgan fingerprint density at radius 3 is 2.86 bits per heavy atom. The van der Waals surface area contributed by atoms with Gasteiger partial charge in [0.15, 0.2) is 0 Å². The Morgan fingerprint density at radius 1 is 1.50 bits per heavy atom. The molecule has 0 spiro atoms. The fraction of sp³-hybridized carbons (Fsp3) is 0.500. The predicted molar refractivity (Wildman–Crippen MR) is 58.9 cm³/mol. The standard InChI is InChI=1S/C10H14BrFN2/c1-2-14(4-3-11)8-9-5-10(12)7-13-6-9/h5-7H,2-4,8H2,1H3. The fourth-order valence-corrected chi connectivity index (χ4v) is 1.77. The average Bonchev–Trinajstić information content (AvgIpc) is 2.17. The highest BCUT2D eigenvalue weighted by molar-refractivity contribution is 9.09. The highest BCUT2D eigenvalue weighted by Gasteiger charge is 2.03. The number of alkyl halides is 1. The van der Waals surface area contributed by atoms with Crippen LogP contribution in [-0.2, 0) is 6.54 Å². The Hall–Kier alpha value is -0.480. The number of halogens is 2. The molecule has 0 radical (unpaired) electrons. The summed E-state index contributed by atoms with van der Waals surface area (Å²) in [7, 11) is 0. The molecule has 2 nitrogen and oxygen atoms in total. The Kier molecular flexibility index (Phi) is 5.04. The Bertz CT molecular complexity index is 281. The van der Waals surface area contributed by atoms with Crippen molar-refractivity contribution < 1.29 is 4.39 Å². The zero-order valence-electron chi connectivity index (χ0n) is 8.21. The third-order valence-electron chi connectivity index (χ3n) is 2.02. The molecule has 4 heteroatoms. The largest absolute Gasteiger partial charge is 0.298 e. The quantitative estimate of drug-likeness (QED) is 0.757. The minimum Gasteiger partial charge on any atom is -0.298 e. The molecule has 0 aliphatic rings. The van der Waals surface area contributed by atoms with E-state index in [0.29, 0.717) is 0 Å². The number of hydrogen-bond acceptors (Lipinski definition) is 2. The second-order valence-electron chi connectivity index (χ2n) is 3.07. The van der Waals surface area contributed by atoms with Crippen molar-refractivity contribution in [1.82, 2.24) is 9.88 Å². The van der Waals surface area contributed by atoms with Crippen LogP contribution >= 0.6 is 15.9 Å². The molecule has 0 aliphatic carbocycles. The first-order valence-electron chi connectivity index (χ1n) is 4.64. The molecule has 0 aliphatic heterocycles. The number of aromatic nitrogens is 1. The van der Waals surface area contributed by atoms with E-state index in [0.717, 1.165) is 30.5 Å². The molecule has 1 aromatic heterocycles. The molecule has 0 bridgehead atoms. The van der Waals surface area contributed by atoms with Crippen LogP contribution < -0.4 is 0 Å². The summed E-state index contributed by atoms with van der Waals surface area (Å²) in [6, 6.07) is 1.53. The maximum absolute atomic E-state index is 12.8. The van der Waals surface area contributed by atoms with E-state index in [4.69, 9.17) is 0 Å². The number of rotatable bonds is 5. The molecule has 1 aromatic rings. The van der Waals surface area contributed by atoms with Crippen LogP contribution in [0.3, 0.4) is 0 Å². The summed E-state index contributed by atoms with van der Waals surface area (Å²) in [6.07, 6.45) is 2.93. The summed E-state index contributed by atoms with van der Waals surface area (Å²) in [6.45, 7) is 4.78. The van der Waals surface area contributed by atoms with E-state index in [9.17, 15) is 4.39 Å². The summed E-state index contributed by atoms with van der Waals surface area (Å²) in [5.41, 5.74) is 0.924. The Morgan fingerprint density at radius 2 is 2.29 bits per heavy atom. The van der Waals surface area contributed by atoms with Gasteiger partial charge >= 0.3 is 0 Å². The summed E-state index contributed by atoms with van der Waals surface area (Å²) < 4.78 is 12.8. The van der Waals surface area contributed by atoms with Gasteiger partial charge in [0.1, 0.15) is 5.82 Å². The lowest BCUT2D eigenvalue weighted by Gasteiger charge is -2.18. The number of hydrogen-bond donors (Lipinski definition) is 0. The molecule has 0 fully saturated rings. The molecule has 1 heterocycles. The molecule has 0 atom stereocenters. The van der Waals surface area contributed by atoms with Crippen molar-refractivity contribution in [1.29, 1.82) is 0 Å². The van der Waals surface area contributed by atoms with Gasteiger partial charge in [-0.3, -0.25) is 9.88 Å². The lowest BCUT2D eigenvalue weighted by molar-refractivity contribution is 0.298. The summed E-state index contributed by atoms with van der Waals surface area (Å²) in [5.74, 6) is -0.266. The summed E-state index contributed by atoms with van der Waals surface area (Å²) in [5, 5.41) is 0.934. The Labute approximate surface area is 92.3 Å². The van der Waals surface area contributed by atoms with Crippen molar-refractivity contribution in [3.63, 3.8) is 0 Å². The minimum atomic E-state index is -0.266. The number of nitrogens with zero attached hydrogens (tertiary/aromatic N) is 2. The van der Waals surface area contributed by atoms with E-state index in [1.165, 1.54) is 12.3 Å². The lowest BCUT2D eigenvalue weighted by atomic mass is 10.2. The van der Waals surface area contributed by atoms with Crippen LogP contribution in [-0.4, -0.2) is 28.3 Å². The third-order valence-corrected chi connectivity index (χ3v) is 2.37. The van der Waals surface area contributed by atoms with Gasteiger partial charge in [0.25, 0.3) is 0 Å². The SMILES string of the molecule is CCN(CCBr)Cc1cncc(F)c1. The van der Waals surface area contributed by atoms with Gasteiger partial charge in [-0.2, -0.15) is 0 Å². The fourth-order valence-electron chi connectivity index (χ4n) is 1.27. The van der Waals surface area contributed by atoms with E-state index in [2.05, 4.69) is 32.7 Å². The molecule has 78 valence electrons. The van der Waals surface area contributed by atoms with Gasteiger partial charge in [-0.1, -0.05) is 22.9 Å². The number of pyridine rings is 1. The van der Waals surface area contributed by atoms with Crippen LogP contribution in [0.1, 0.15) is 12.5 Å².